The van der Waals surface area contributed by atoms with E-state index in [1.165, 1.54) is 45.4 Å². The van der Waals surface area contributed by atoms with Crippen molar-refractivity contribution in [3.8, 4) is 0 Å². The first kappa shape index (κ1) is 8.52. The maximum absolute atomic E-state index is 2.67. The van der Waals surface area contributed by atoms with Crippen molar-refractivity contribution in [3.63, 3.8) is 0 Å². The summed E-state index contributed by atoms with van der Waals surface area (Å²) in [5, 5.41) is 0. The molecule has 1 saturated carbocycles. The van der Waals surface area contributed by atoms with Crippen LogP contribution in [-0.4, -0.2) is 49.1 Å². The van der Waals surface area contributed by atoms with Crippen molar-refractivity contribution < 1.29 is 0 Å². The average molecular weight is 167 g/mol. The lowest BCUT2D eigenvalue weighted by molar-refractivity contribution is 0.115. The van der Waals surface area contributed by atoms with E-state index >= 15 is 0 Å². The lowest BCUT2D eigenvalue weighted by Gasteiger charge is -2.36. The fourth-order valence-corrected chi connectivity index (χ4v) is 2.26. The van der Waals surface area contributed by atoms with Gasteiger partial charge >= 0.3 is 0 Å². The highest BCUT2D eigenvalue weighted by atomic mass is 15.3. The summed E-state index contributed by atoms with van der Waals surface area (Å²) in [6, 6.07) is 0.888. The second-order valence-corrected chi connectivity index (χ2v) is 4.09. The molecule has 0 spiro atoms. The summed E-state index contributed by atoms with van der Waals surface area (Å²) in [4.78, 5) is 5.10. The number of hydrogen-bond donors (Lipinski definition) is 0. The zero-order valence-corrected chi connectivity index (χ0v) is 8.00. The molecule has 1 saturated heterocycles. The maximum atomic E-state index is 2.67. The molecule has 2 heteroatoms. The van der Waals surface area contributed by atoms with E-state index in [1.54, 1.807) is 0 Å². The molecule has 1 atom stereocenters. The van der Waals surface area contributed by atoms with Gasteiger partial charge in [0.1, 0.15) is 0 Å². The first-order valence-corrected chi connectivity index (χ1v) is 5.10. The minimum Gasteiger partial charge on any atom is -0.304 e. The predicted molar refractivity (Wildman–Crippen MR) is 51.0 cm³/mol. The molecular weight excluding hydrogens is 148 g/mol. The molecule has 0 aromatic carbocycles. The fraction of sp³-hybridized carbons (Fsp3) is 0.900. The first-order valence-electron chi connectivity index (χ1n) is 5.10. The number of rotatable bonds is 1. The van der Waals surface area contributed by atoms with Crippen LogP contribution in [0.15, 0.2) is 0 Å². The maximum Gasteiger partial charge on any atom is 0.0113 e. The Hall–Kier alpha value is -0.0800. The average Bonchev–Trinajstić information content (AvgIpc) is 2.58. The molecule has 0 amide bonds. The van der Waals surface area contributed by atoms with E-state index in [2.05, 4.69) is 23.3 Å². The molecule has 12 heavy (non-hydrogen) atoms. The second-order valence-electron chi connectivity index (χ2n) is 4.09. The Morgan fingerprint density at radius 2 is 1.92 bits per heavy atom. The molecule has 2 fully saturated rings. The van der Waals surface area contributed by atoms with Crippen LogP contribution in [0.5, 0.6) is 0 Å². The Morgan fingerprint density at radius 3 is 2.50 bits per heavy atom. The molecule has 2 nitrogen and oxygen atoms in total. The Labute approximate surface area is 75.5 Å². The third-order valence-corrected chi connectivity index (χ3v) is 3.20. The van der Waals surface area contributed by atoms with E-state index in [0.29, 0.717) is 0 Å². The molecule has 1 unspecified atom stereocenters. The van der Waals surface area contributed by atoms with E-state index in [9.17, 15) is 0 Å². The van der Waals surface area contributed by atoms with Gasteiger partial charge in [-0.05, 0) is 32.7 Å². The van der Waals surface area contributed by atoms with Gasteiger partial charge in [0.15, 0.2) is 0 Å². The normalized spacial score (nSPS) is 29.8. The smallest absolute Gasteiger partial charge is 0.0113 e. The van der Waals surface area contributed by atoms with E-state index in [-0.39, 0.29) is 0 Å². The van der Waals surface area contributed by atoms with Crippen LogP contribution in [0.4, 0.5) is 0 Å². The summed E-state index contributed by atoms with van der Waals surface area (Å²) >= 11 is 0. The number of nitrogens with zero attached hydrogens (tertiary/aromatic N) is 2. The van der Waals surface area contributed by atoms with Gasteiger partial charge in [0.05, 0.1) is 0 Å². The Kier molecular flexibility index (Phi) is 2.66. The molecule has 1 aliphatic heterocycles. The van der Waals surface area contributed by atoms with Crippen LogP contribution in [0.2, 0.25) is 0 Å². The second kappa shape index (κ2) is 3.75. The summed E-state index contributed by atoms with van der Waals surface area (Å²) in [6.45, 7) is 5.09. The van der Waals surface area contributed by atoms with Crippen molar-refractivity contribution >= 4 is 0 Å². The largest absolute Gasteiger partial charge is 0.304 e. The first-order chi connectivity index (χ1) is 5.86. The quantitative estimate of drug-likeness (QED) is 0.574. The van der Waals surface area contributed by atoms with Crippen LogP contribution in [0, 0.1) is 6.42 Å². The monoisotopic (exact) mass is 167 g/mol. The molecule has 0 N–H and O–H groups in total. The van der Waals surface area contributed by atoms with Gasteiger partial charge in [-0.15, -0.1) is 0 Å². The highest BCUT2D eigenvalue weighted by molar-refractivity contribution is 4.88. The van der Waals surface area contributed by atoms with E-state index < -0.39 is 0 Å². The molecule has 0 aromatic heterocycles. The van der Waals surface area contributed by atoms with Crippen molar-refractivity contribution in [2.24, 2.45) is 0 Å². The zero-order chi connectivity index (χ0) is 8.39. The van der Waals surface area contributed by atoms with Crippen LogP contribution in [0.1, 0.15) is 19.3 Å². The standard InChI is InChI=1S/C10H19N2/c1-11-6-8-12(9-7-11)10-4-2-3-5-10/h2,10H,3-9H2,1H3. The van der Waals surface area contributed by atoms with Crippen molar-refractivity contribution in [1.82, 2.24) is 9.80 Å². The summed E-state index contributed by atoms with van der Waals surface area (Å²) in [5.74, 6) is 0. The highest BCUT2D eigenvalue weighted by Gasteiger charge is 2.24. The predicted octanol–water partition coefficient (Wildman–Crippen LogP) is 0.991. The van der Waals surface area contributed by atoms with Crippen LogP contribution < -0.4 is 0 Å². The van der Waals surface area contributed by atoms with Crippen LogP contribution in [-0.2, 0) is 0 Å². The highest BCUT2D eigenvalue weighted by Crippen LogP contribution is 2.23. The minimum absolute atomic E-state index is 0.888. The number of likely N-dealkylation sites (N-methyl/N-ethyl adjacent to an activating group) is 1. The molecule has 2 rings (SSSR count). The van der Waals surface area contributed by atoms with Crippen molar-refractivity contribution in [2.75, 3.05) is 33.2 Å². The minimum atomic E-state index is 0.888. The molecule has 2 aliphatic rings. The number of hydrogen-bond acceptors (Lipinski definition) is 2. The van der Waals surface area contributed by atoms with Gasteiger partial charge in [0.25, 0.3) is 0 Å². The Morgan fingerprint density at radius 1 is 1.17 bits per heavy atom. The molecule has 1 radical (unpaired) electrons. The van der Waals surface area contributed by atoms with Gasteiger partial charge in [-0.2, -0.15) is 0 Å². The molecular formula is C10H19N2. The fourth-order valence-electron chi connectivity index (χ4n) is 2.26. The topological polar surface area (TPSA) is 6.48 Å². The SMILES string of the molecule is CN1CCN(C2C[CH]CC2)CC1. The van der Waals surface area contributed by atoms with E-state index in [4.69, 9.17) is 0 Å². The Balaban J connectivity index is 1.80. The lowest BCUT2D eigenvalue weighted by atomic mass is 10.2. The summed E-state index contributed by atoms with van der Waals surface area (Å²) in [7, 11) is 2.22. The van der Waals surface area contributed by atoms with Gasteiger partial charge in [0, 0.05) is 32.2 Å². The van der Waals surface area contributed by atoms with Crippen LogP contribution >= 0.6 is 0 Å². The molecule has 0 bridgehead atoms. The van der Waals surface area contributed by atoms with Crippen molar-refractivity contribution in [1.29, 1.82) is 0 Å². The van der Waals surface area contributed by atoms with E-state index in [1.807, 2.05) is 0 Å². The summed E-state index contributed by atoms with van der Waals surface area (Å²) < 4.78 is 0. The Bertz CT molecular complexity index is 133. The summed E-state index contributed by atoms with van der Waals surface area (Å²) in [5.41, 5.74) is 0. The van der Waals surface area contributed by atoms with Crippen molar-refractivity contribution in [2.45, 2.75) is 25.3 Å². The molecule has 1 aliphatic carbocycles. The van der Waals surface area contributed by atoms with Gasteiger partial charge < -0.3 is 4.90 Å². The van der Waals surface area contributed by atoms with Gasteiger partial charge in [-0.25, -0.2) is 0 Å². The van der Waals surface area contributed by atoms with Gasteiger partial charge in [0.2, 0.25) is 0 Å². The van der Waals surface area contributed by atoms with Crippen molar-refractivity contribution in [3.05, 3.63) is 6.42 Å². The third kappa shape index (κ3) is 1.80. The van der Waals surface area contributed by atoms with E-state index in [0.717, 1.165) is 6.04 Å². The zero-order valence-electron chi connectivity index (χ0n) is 8.00. The lowest BCUT2D eigenvalue weighted by Crippen LogP contribution is -2.48. The molecule has 69 valence electrons. The van der Waals surface area contributed by atoms with Gasteiger partial charge in [-0.1, -0.05) is 0 Å². The van der Waals surface area contributed by atoms with Crippen LogP contribution in [0.25, 0.3) is 0 Å². The molecule has 0 aromatic rings. The van der Waals surface area contributed by atoms with Crippen LogP contribution in [0.3, 0.4) is 0 Å². The third-order valence-electron chi connectivity index (χ3n) is 3.20. The molecule has 1 heterocycles. The number of piperazine rings is 1. The summed E-state index contributed by atoms with van der Waals surface area (Å²) in [6.07, 6.45) is 6.54. The van der Waals surface area contributed by atoms with Gasteiger partial charge in [-0.3, -0.25) is 4.90 Å².